The van der Waals surface area contributed by atoms with Gasteiger partial charge in [-0.15, -0.1) is 0 Å². The zero-order valence-corrected chi connectivity index (χ0v) is 14.6. The normalized spacial score (nSPS) is 20.4. The molecule has 3 N–H and O–H groups in total. The summed E-state index contributed by atoms with van der Waals surface area (Å²) in [7, 11) is 0. The molecule has 8 heteroatoms. The van der Waals surface area contributed by atoms with Gasteiger partial charge in [-0.25, -0.2) is 4.52 Å². The average Bonchev–Trinajstić information content (AvgIpc) is 2.93. The van der Waals surface area contributed by atoms with Crippen LogP contribution < -0.4 is 10.9 Å². The Hall–Kier alpha value is -3.16. The largest absolute Gasteiger partial charge is 0.481 e. The molecule has 1 fully saturated rings. The molecule has 140 valence electrons. The lowest BCUT2D eigenvalue weighted by molar-refractivity contribution is -0.142. The van der Waals surface area contributed by atoms with Crippen molar-refractivity contribution in [1.82, 2.24) is 19.9 Å². The van der Waals surface area contributed by atoms with Crippen LogP contribution in [0.1, 0.15) is 42.5 Å². The Balaban J connectivity index is 1.70. The quantitative estimate of drug-likeness (QED) is 0.611. The molecule has 0 spiro atoms. The molecule has 2 heterocycles. The molecule has 0 radical (unpaired) electrons. The number of aromatic nitrogens is 3. The summed E-state index contributed by atoms with van der Waals surface area (Å²) in [6.07, 6.45) is 5.27. The Labute approximate surface area is 154 Å². The molecular formula is C19H20N4O4. The molecule has 0 unspecified atom stereocenters. The number of benzene rings is 1. The van der Waals surface area contributed by atoms with E-state index < -0.39 is 23.8 Å². The first-order valence-electron chi connectivity index (χ1n) is 9.08. The number of nitrogens with one attached hydrogen (secondary N) is 2. The van der Waals surface area contributed by atoms with Crippen LogP contribution in [0.4, 0.5) is 0 Å². The number of carbonyl (C=O) groups is 2. The number of fused-ring (bicyclic) bond motifs is 3. The SMILES string of the molecule is O=C(N[C@H]1CCCCC[C@H]1C(=O)O)c1cnn2c1[nH]c(=O)c1ccccc12. The van der Waals surface area contributed by atoms with Crippen LogP contribution in [0, 0.1) is 5.92 Å². The highest BCUT2D eigenvalue weighted by Crippen LogP contribution is 2.24. The fourth-order valence-corrected chi connectivity index (χ4v) is 3.86. The smallest absolute Gasteiger partial charge is 0.308 e. The van der Waals surface area contributed by atoms with Crippen molar-refractivity contribution in [2.45, 2.75) is 38.1 Å². The van der Waals surface area contributed by atoms with E-state index in [-0.39, 0.29) is 11.1 Å². The number of amides is 1. The van der Waals surface area contributed by atoms with Crippen LogP contribution in [0.2, 0.25) is 0 Å². The van der Waals surface area contributed by atoms with Gasteiger partial charge < -0.3 is 15.4 Å². The van der Waals surface area contributed by atoms with Crippen molar-refractivity contribution < 1.29 is 14.7 Å². The Kier molecular flexibility index (Phi) is 4.39. The maximum absolute atomic E-state index is 12.8. The first-order chi connectivity index (χ1) is 13.1. The molecule has 27 heavy (non-hydrogen) atoms. The maximum Gasteiger partial charge on any atom is 0.308 e. The predicted octanol–water partition coefficient (Wildman–Crippen LogP) is 1.94. The molecular weight excluding hydrogens is 348 g/mol. The summed E-state index contributed by atoms with van der Waals surface area (Å²) >= 11 is 0. The third-order valence-corrected chi connectivity index (χ3v) is 5.27. The maximum atomic E-state index is 12.8. The van der Waals surface area contributed by atoms with E-state index in [1.165, 1.54) is 10.7 Å². The van der Waals surface area contributed by atoms with Crippen LogP contribution in [-0.4, -0.2) is 37.6 Å². The monoisotopic (exact) mass is 368 g/mol. The number of aromatic amines is 1. The van der Waals surface area contributed by atoms with Crippen LogP contribution in [0.5, 0.6) is 0 Å². The molecule has 1 aliphatic rings. The topological polar surface area (TPSA) is 117 Å². The summed E-state index contributed by atoms with van der Waals surface area (Å²) in [6, 6.07) is 6.58. The summed E-state index contributed by atoms with van der Waals surface area (Å²) in [5.74, 6) is -1.91. The molecule has 0 bridgehead atoms. The fourth-order valence-electron chi connectivity index (χ4n) is 3.86. The number of aliphatic carboxylic acids is 1. The first-order valence-corrected chi connectivity index (χ1v) is 9.08. The van der Waals surface area contributed by atoms with Gasteiger partial charge >= 0.3 is 5.97 Å². The van der Waals surface area contributed by atoms with Gasteiger partial charge in [0.2, 0.25) is 0 Å². The highest BCUT2D eigenvalue weighted by Gasteiger charge is 2.31. The van der Waals surface area contributed by atoms with Gasteiger partial charge in [0.05, 0.1) is 23.0 Å². The summed E-state index contributed by atoms with van der Waals surface area (Å²) in [5, 5.41) is 17.1. The third kappa shape index (κ3) is 3.07. The molecule has 1 aliphatic carbocycles. The van der Waals surface area contributed by atoms with Gasteiger partial charge in [-0.3, -0.25) is 14.4 Å². The van der Waals surface area contributed by atoms with E-state index in [0.29, 0.717) is 29.4 Å². The van der Waals surface area contributed by atoms with Crippen molar-refractivity contribution in [3.8, 4) is 0 Å². The molecule has 1 amide bonds. The number of carboxylic acids is 1. The Morgan fingerprint density at radius 3 is 2.78 bits per heavy atom. The number of hydrogen-bond acceptors (Lipinski definition) is 4. The molecule has 0 saturated heterocycles. The molecule has 3 aromatic rings. The van der Waals surface area contributed by atoms with Gasteiger partial charge in [-0.1, -0.05) is 31.4 Å². The number of H-pyrrole nitrogens is 1. The third-order valence-electron chi connectivity index (χ3n) is 5.27. The zero-order valence-electron chi connectivity index (χ0n) is 14.6. The second kappa shape index (κ2) is 6.86. The first kappa shape index (κ1) is 17.3. The summed E-state index contributed by atoms with van der Waals surface area (Å²) in [6.45, 7) is 0. The van der Waals surface area contributed by atoms with Crippen molar-refractivity contribution in [3.05, 3.63) is 46.4 Å². The van der Waals surface area contributed by atoms with Crippen molar-refractivity contribution in [1.29, 1.82) is 0 Å². The molecule has 1 aromatic carbocycles. The summed E-state index contributed by atoms with van der Waals surface area (Å²) < 4.78 is 1.52. The predicted molar refractivity (Wildman–Crippen MR) is 98.8 cm³/mol. The Morgan fingerprint density at radius 2 is 1.96 bits per heavy atom. The van der Waals surface area contributed by atoms with Crippen LogP contribution in [0.25, 0.3) is 16.6 Å². The van der Waals surface area contributed by atoms with Crippen molar-refractivity contribution in [2.24, 2.45) is 5.92 Å². The number of rotatable bonds is 3. The highest BCUT2D eigenvalue weighted by molar-refractivity contribution is 6.01. The standard InChI is InChI=1S/C19H20N4O4/c24-17-12-7-4-5-9-15(12)23-16(22-17)13(10-20-23)18(25)21-14-8-3-1-2-6-11(14)19(26)27/h4-5,7,9-11,14H,1-3,6,8H2,(H,21,25)(H,22,24)(H,26,27)/t11-,14+/m1/s1. The van der Waals surface area contributed by atoms with E-state index in [4.69, 9.17) is 0 Å². The van der Waals surface area contributed by atoms with E-state index in [1.807, 2.05) is 0 Å². The minimum atomic E-state index is -0.888. The van der Waals surface area contributed by atoms with Crippen molar-refractivity contribution >= 4 is 28.4 Å². The molecule has 1 saturated carbocycles. The number of carbonyl (C=O) groups excluding carboxylic acids is 1. The van der Waals surface area contributed by atoms with Gasteiger partial charge in [-0.05, 0) is 25.0 Å². The number of carboxylic acid groups (broad SMARTS) is 1. The van der Waals surface area contributed by atoms with Gasteiger partial charge in [0.15, 0.2) is 0 Å². The Bertz CT molecular complexity index is 1080. The van der Waals surface area contributed by atoms with Gasteiger partial charge in [0.1, 0.15) is 11.2 Å². The minimum absolute atomic E-state index is 0.228. The zero-order chi connectivity index (χ0) is 19.0. The molecule has 2 aromatic heterocycles. The van der Waals surface area contributed by atoms with Crippen LogP contribution in [0.3, 0.4) is 0 Å². The van der Waals surface area contributed by atoms with Crippen LogP contribution >= 0.6 is 0 Å². The lowest BCUT2D eigenvalue weighted by Gasteiger charge is -2.22. The van der Waals surface area contributed by atoms with Crippen molar-refractivity contribution in [2.75, 3.05) is 0 Å². The second-order valence-corrected chi connectivity index (χ2v) is 6.95. The average molecular weight is 368 g/mol. The minimum Gasteiger partial charge on any atom is -0.481 e. The van der Waals surface area contributed by atoms with E-state index in [1.54, 1.807) is 24.3 Å². The molecule has 2 atom stereocenters. The van der Waals surface area contributed by atoms with Gasteiger partial charge in [0, 0.05) is 6.04 Å². The Morgan fingerprint density at radius 1 is 1.19 bits per heavy atom. The number of para-hydroxylation sites is 1. The number of hydrogen-bond donors (Lipinski definition) is 3. The molecule has 0 aliphatic heterocycles. The fraction of sp³-hybridized carbons (Fsp3) is 0.368. The van der Waals surface area contributed by atoms with E-state index in [2.05, 4.69) is 15.4 Å². The lowest BCUT2D eigenvalue weighted by atomic mass is 9.94. The lowest BCUT2D eigenvalue weighted by Crippen LogP contribution is -2.42. The van der Waals surface area contributed by atoms with Crippen molar-refractivity contribution in [3.63, 3.8) is 0 Å². The van der Waals surface area contributed by atoms with E-state index >= 15 is 0 Å². The van der Waals surface area contributed by atoms with Crippen LogP contribution in [-0.2, 0) is 4.79 Å². The molecule has 8 nitrogen and oxygen atoms in total. The van der Waals surface area contributed by atoms with E-state index in [0.717, 1.165) is 19.3 Å². The number of nitrogens with zero attached hydrogens (tertiary/aromatic N) is 2. The van der Waals surface area contributed by atoms with Gasteiger partial charge in [-0.2, -0.15) is 5.10 Å². The van der Waals surface area contributed by atoms with E-state index in [9.17, 15) is 19.5 Å². The molecule has 4 rings (SSSR count). The van der Waals surface area contributed by atoms with Gasteiger partial charge in [0.25, 0.3) is 11.5 Å². The highest BCUT2D eigenvalue weighted by atomic mass is 16.4. The second-order valence-electron chi connectivity index (χ2n) is 6.95. The summed E-state index contributed by atoms with van der Waals surface area (Å²) in [4.78, 5) is 39.5. The van der Waals surface area contributed by atoms with Crippen LogP contribution in [0.15, 0.2) is 35.3 Å². The summed E-state index contributed by atoms with van der Waals surface area (Å²) in [5.41, 5.74) is 0.835.